The fraction of sp³-hybridized carbons (Fsp3) is 0.353. The van der Waals surface area contributed by atoms with Gasteiger partial charge in [-0.25, -0.2) is 0 Å². The summed E-state index contributed by atoms with van der Waals surface area (Å²) in [6.07, 6.45) is 8.93. The van der Waals surface area contributed by atoms with Gasteiger partial charge in [0.1, 0.15) is 0 Å². The van der Waals surface area contributed by atoms with Crippen molar-refractivity contribution in [3.63, 3.8) is 0 Å². The van der Waals surface area contributed by atoms with E-state index in [0.717, 1.165) is 0 Å². The van der Waals surface area contributed by atoms with Crippen molar-refractivity contribution in [2.75, 3.05) is 0 Å². The fourth-order valence-electron chi connectivity index (χ4n) is 2.17. The minimum atomic E-state index is 1.21. The third-order valence-electron chi connectivity index (χ3n) is 3.21. The smallest absolute Gasteiger partial charge is 0.00929 e. The van der Waals surface area contributed by atoms with Crippen molar-refractivity contribution < 1.29 is 0 Å². The Balaban J connectivity index is 1.90. The highest BCUT2D eigenvalue weighted by Gasteiger charge is 1.97. The van der Waals surface area contributed by atoms with Crippen LogP contribution < -0.4 is 0 Å². The molecule has 0 aliphatic rings. The SMILES string of the molecule is CCCCCC[CH]c1ccc2ccccc2c1. The van der Waals surface area contributed by atoms with E-state index in [1.807, 2.05) is 0 Å². The van der Waals surface area contributed by atoms with Gasteiger partial charge in [0, 0.05) is 0 Å². The first-order valence-electron chi connectivity index (χ1n) is 6.72. The maximum atomic E-state index is 2.36. The van der Waals surface area contributed by atoms with Gasteiger partial charge in [0.25, 0.3) is 0 Å². The number of hydrogen-bond acceptors (Lipinski definition) is 0. The summed E-state index contributed by atoms with van der Waals surface area (Å²) in [5, 5.41) is 2.67. The van der Waals surface area contributed by atoms with Crippen molar-refractivity contribution in [2.45, 2.75) is 39.0 Å². The molecule has 0 bridgehead atoms. The van der Waals surface area contributed by atoms with E-state index in [-0.39, 0.29) is 0 Å². The summed E-state index contributed by atoms with van der Waals surface area (Å²) in [5.74, 6) is 0. The van der Waals surface area contributed by atoms with Gasteiger partial charge < -0.3 is 0 Å². The van der Waals surface area contributed by atoms with Gasteiger partial charge >= 0.3 is 0 Å². The van der Waals surface area contributed by atoms with Gasteiger partial charge in [0.15, 0.2) is 0 Å². The highest BCUT2D eigenvalue weighted by Crippen LogP contribution is 2.18. The molecule has 17 heavy (non-hydrogen) atoms. The van der Waals surface area contributed by atoms with Gasteiger partial charge in [-0.1, -0.05) is 75.1 Å². The Morgan fingerprint density at radius 2 is 1.71 bits per heavy atom. The average molecular weight is 225 g/mol. The topological polar surface area (TPSA) is 0 Å². The van der Waals surface area contributed by atoms with Crippen LogP contribution in [0.2, 0.25) is 0 Å². The average Bonchev–Trinajstić information content (AvgIpc) is 2.38. The second kappa shape index (κ2) is 6.44. The lowest BCUT2D eigenvalue weighted by Gasteiger charge is -2.03. The predicted molar refractivity (Wildman–Crippen MR) is 76.1 cm³/mol. The van der Waals surface area contributed by atoms with Gasteiger partial charge in [-0.05, 0) is 29.2 Å². The fourth-order valence-corrected chi connectivity index (χ4v) is 2.17. The minimum Gasteiger partial charge on any atom is -0.0654 e. The molecule has 0 saturated carbocycles. The van der Waals surface area contributed by atoms with Crippen molar-refractivity contribution in [1.29, 1.82) is 0 Å². The highest BCUT2D eigenvalue weighted by atomic mass is 14.0. The molecule has 0 saturated heterocycles. The van der Waals surface area contributed by atoms with Crippen LogP contribution in [0.15, 0.2) is 42.5 Å². The van der Waals surface area contributed by atoms with Crippen molar-refractivity contribution >= 4 is 10.8 Å². The lowest BCUT2D eigenvalue weighted by Crippen LogP contribution is -1.84. The Labute approximate surface area is 105 Å². The van der Waals surface area contributed by atoms with E-state index in [4.69, 9.17) is 0 Å². The molecule has 2 rings (SSSR count). The molecular formula is C17H21. The molecule has 0 atom stereocenters. The number of fused-ring (bicyclic) bond motifs is 1. The summed E-state index contributed by atoms with van der Waals surface area (Å²) in [6.45, 7) is 2.26. The first kappa shape index (κ1) is 12.2. The molecule has 0 fully saturated rings. The van der Waals surface area contributed by atoms with Gasteiger partial charge in [-0.2, -0.15) is 0 Å². The van der Waals surface area contributed by atoms with E-state index in [9.17, 15) is 0 Å². The Morgan fingerprint density at radius 1 is 0.882 bits per heavy atom. The molecule has 2 aromatic rings. The molecule has 0 aliphatic heterocycles. The molecular weight excluding hydrogens is 204 g/mol. The molecule has 0 heterocycles. The van der Waals surface area contributed by atoms with Crippen molar-refractivity contribution in [3.05, 3.63) is 54.4 Å². The Kier molecular flexibility index (Phi) is 4.61. The van der Waals surface area contributed by atoms with Crippen LogP contribution >= 0.6 is 0 Å². The highest BCUT2D eigenvalue weighted by molar-refractivity contribution is 5.83. The largest absolute Gasteiger partial charge is 0.0654 e. The normalized spacial score (nSPS) is 10.9. The zero-order valence-electron chi connectivity index (χ0n) is 10.7. The summed E-state index contributed by atoms with van der Waals surface area (Å²) < 4.78 is 0. The van der Waals surface area contributed by atoms with Gasteiger partial charge in [0.05, 0.1) is 0 Å². The van der Waals surface area contributed by atoms with Crippen LogP contribution in [-0.2, 0) is 0 Å². The second-order valence-corrected chi connectivity index (χ2v) is 4.66. The van der Waals surface area contributed by atoms with Crippen LogP contribution in [-0.4, -0.2) is 0 Å². The van der Waals surface area contributed by atoms with E-state index in [2.05, 4.69) is 55.8 Å². The number of hydrogen-bond donors (Lipinski definition) is 0. The van der Waals surface area contributed by atoms with Crippen LogP contribution in [0, 0.1) is 6.42 Å². The Morgan fingerprint density at radius 3 is 2.53 bits per heavy atom. The lowest BCUT2D eigenvalue weighted by atomic mass is 10.0. The van der Waals surface area contributed by atoms with E-state index in [0.29, 0.717) is 0 Å². The molecule has 2 aromatic carbocycles. The molecule has 0 amide bonds. The van der Waals surface area contributed by atoms with E-state index in [1.165, 1.54) is 48.4 Å². The molecule has 0 nitrogen and oxygen atoms in total. The van der Waals surface area contributed by atoms with Gasteiger partial charge in [-0.15, -0.1) is 0 Å². The van der Waals surface area contributed by atoms with Crippen LogP contribution in [0.5, 0.6) is 0 Å². The van der Waals surface area contributed by atoms with Crippen molar-refractivity contribution in [3.8, 4) is 0 Å². The molecule has 0 unspecified atom stereocenters. The molecule has 0 spiro atoms. The summed E-state index contributed by atoms with van der Waals surface area (Å²) in [4.78, 5) is 0. The maximum absolute atomic E-state index is 2.36. The van der Waals surface area contributed by atoms with Gasteiger partial charge in [-0.3, -0.25) is 0 Å². The van der Waals surface area contributed by atoms with E-state index >= 15 is 0 Å². The molecule has 0 heteroatoms. The van der Waals surface area contributed by atoms with Crippen LogP contribution in [0.25, 0.3) is 10.8 Å². The van der Waals surface area contributed by atoms with E-state index < -0.39 is 0 Å². The quantitative estimate of drug-likeness (QED) is 0.580. The second-order valence-electron chi connectivity index (χ2n) is 4.66. The zero-order valence-corrected chi connectivity index (χ0v) is 10.7. The molecule has 0 aliphatic carbocycles. The first-order valence-corrected chi connectivity index (χ1v) is 6.72. The summed E-state index contributed by atoms with van der Waals surface area (Å²) >= 11 is 0. The Hall–Kier alpha value is -1.30. The van der Waals surface area contributed by atoms with Crippen LogP contribution in [0.3, 0.4) is 0 Å². The Bertz CT molecular complexity index is 456. The summed E-state index contributed by atoms with van der Waals surface area (Å²) in [5.41, 5.74) is 1.36. The molecule has 1 radical (unpaired) electrons. The number of unbranched alkanes of at least 4 members (excludes halogenated alkanes) is 4. The van der Waals surface area contributed by atoms with Crippen molar-refractivity contribution in [1.82, 2.24) is 0 Å². The van der Waals surface area contributed by atoms with Gasteiger partial charge in [0.2, 0.25) is 0 Å². The van der Waals surface area contributed by atoms with Crippen molar-refractivity contribution in [2.24, 2.45) is 0 Å². The maximum Gasteiger partial charge on any atom is -0.00929 e. The summed E-state index contributed by atoms with van der Waals surface area (Å²) in [6, 6.07) is 15.3. The standard InChI is InChI=1S/C17H21/c1-2-3-4-5-6-9-15-12-13-16-10-7-8-11-17(16)14-15/h7-14H,2-6H2,1H3. The summed E-state index contributed by atoms with van der Waals surface area (Å²) in [7, 11) is 0. The molecule has 0 N–H and O–H groups in total. The number of rotatable bonds is 6. The minimum absolute atomic E-state index is 1.21. The van der Waals surface area contributed by atoms with Crippen LogP contribution in [0.4, 0.5) is 0 Å². The first-order chi connectivity index (χ1) is 8.40. The molecule has 0 aromatic heterocycles. The lowest BCUT2D eigenvalue weighted by molar-refractivity contribution is 0.665. The third kappa shape index (κ3) is 3.59. The number of benzene rings is 2. The zero-order chi connectivity index (χ0) is 11.9. The third-order valence-corrected chi connectivity index (χ3v) is 3.21. The van der Waals surface area contributed by atoms with E-state index in [1.54, 1.807) is 0 Å². The van der Waals surface area contributed by atoms with Crippen LogP contribution in [0.1, 0.15) is 44.6 Å². The monoisotopic (exact) mass is 225 g/mol. The molecule has 89 valence electrons. The predicted octanol–water partition coefficient (Wildman–Crippen LogP) is 5.36.